The second-order valence-electron chi connectivity index (χ2n) is 4.26. The second-order valence-corrected chi connectivity index (χ2v) is 4.26. The molecule has 0 radical (unpaired) electrons. The van der Waals surface area contributed by atoms with Crippen LogP contribution >= 0.6 is 12.4 Å². The predicted octanol–water partition coefficient (Wildman–Crippen LogP) is 2.08. The molecular weight excluding hydrogens is 271 g/mol. The van der Waals surface area contributed by atoms with Gasteiger partial charge in [-0.2, -0.15) is 0 Å². The molecule has 104 valence electrons. The Hall–Kier alpha value is -1.59. The van der Waals surface area contributed by atoms with E-state index in [4.69, 9.17) is 5.73 Å². The number of halogens is 2. The van der Waals surface area contributed by atoms with Crippen molar-refractivity contribution >= 4 is 29.3 Å². The van der Waals surface area contributed by atoms with E-state index in [-0.39, 0.29) is 24.6 Å². The monoisotopic (exact) mass is 286 g/mol. The molecule has 0 bridgehead atoms. The van der Waals surface area contributed by atoms with Crippen LogP contribution in [0.3, 0.4) is 0 Å². The average molecular weight is 287 g/mol. The van der Waals surface area contributed by atoms with Crippen molar-refractivity contribution in [2.45, 2.75) is 19.4 Å². The van der Waals surface area contributed by atoms with Crippen molar-refractivity contribution in [2.24, 2.45) is 5.73 Å². The van der Waals surface area contributed by atoms with Crippen LogP contribution in [-0.4, -0.2) is 24.1 Å². The molecule has 0 saturated carbocycles. The first kappa shape index (κ1) is 15.5. The highest BCUT2D eigenvalue weighted by atomic mass is 35.5. The number of aryl methyl sites for hydroxylation is 1. The van der Waals surface area contributed by atoms with E-state index in [1.54, 1.807) is 12.3 Å². The maximum absolute atomic E-state index is 13.8. The van der Waals surface area contributed by atoms with Gasteiger partial charge in [-0.3, -0.25) is 4.79 Å². The Balaban J connectivity index is 0.00000180. The average Bonchev–Trinajstić information content (AvgIpc) is 2.78. The minimum absolute atomic E-state index is 0. The van der Waals surface area contributed by atoms with Crippen molar-refractivity contribution in [3.8, 4) is 0 Å². The first-order valence-corrected chi connectivity index (χ1v) is 5.63. The maximum Gasteiger partial charge on any atom is 0.322 e. The number of aromatic amines is 1. The Kier molecular flexibility index (Phi) is 4.91. The number of hydrogen-bond donors (Lipinski definition) is 2. The molecule has 2 aromatic rings. The Bertz CT molecular complexity index is 598. The van der Waals surface area contributed by atoms with Gasteiger partial charge in [0, 0.05) is 18.0 Å². The molecule has 2 rings (SSSR count). The molecule has 3 N–H and O–H groups in total. The Morgan fingerprint density at radius 2 is 2.21 bits per heavy atom. The molecule has 1 heterocycles. The summed E-state index contributed by atoms with van der Waals surface area (Å²) in [6, 6.07) is 2.34. The van der Waals surface area contributed by atoms with Gasteiger partial charge in [0.2, 0.25) is 0 Å². The molecule has 0 spiro atoms. The Labute approximate surface area is 116 Å². The number of H-pyrrole nitrogens is 1. The van der Waals surface area contributed by atoms with Crippen molar-refractivity contribution in [3.63, 3.8) is 0 Å². The van der Waals surface area contributed by atoms with Crippen LogP contribution in [0.25, 0.3) is 10.9 Å². The summed E-state index contributed by atoms with van der Waals surface area (Å²) < 4.78 is 18.4. The number of fused-ring (bicyclic) bond motifs is 1. The fourth-order valence-electron chi connectivity index (χ4n) is 2.05. The quantitative estimate of drug-likeness (QED) is 0.849. The molecule has 0 aliphatic rings. The third-order valence-electron chi connectivity index (χ3n) is 3.02. The molecule has 1 atom stereocenters. The van der Waals surface area contributed by atoms with Crippen LogP contribution in [0.15, 0.2) is 18.3 Å². The van der Waals surface area contributed by atoms with Gasteiger partial charge in [-0.25, -0.2) is 4.39 Å². The number of rotatable bonds is 3. The summed E-state index contributed by atoms with van der Waals surface area (Å²) in [5.41, 5.74) is 8.06. The third kappa shape index (κ3) is 2.88. The van der Waals surface area contributed by atoms with E-state index < -0.39 is 12.0 Å². The van der Waals surface area contributed by atoms with Gasteiger partial charge in [0.1, 0.15) is 11.9 Å². The van der Waals surface area contributed by atoms with Crippen molar-refractivity contribution in [2.75, 3.05) is 7.11 Å². The fourth-order valence-corrected chi connectivity index (χ4v) is 2.05. The van der Waals surface area contributed by atoms with E-state index in [1.165, 1.54) is 13.2 Å². The van der Waals surface area contributed by atoms with Crippen LogP contribution in [0.5, 0.6) is 0 Å². The predicted molar refractivity (Wildman–Crippen MR) is 73.9 cm³/mol. The lowest BCUT2D eigenvalue weighted by atomic mass is 10.0. The summed E-state index contributed by atoms with van der Waals surface area (Å²) in [6.07, 6.45) is 1.93. The number of carbonyl (C=O) groups excluding carboxylic acids is 1. The molecule has 0 aliphatic heterocycles. The van der Waals surface area contributed by atoms with Crippen LogP contribution in [-0.2, 0) is 16.0 Å². The van der Waals surface area contributed by atoms with Crippen LogP contribution < -0.4 is 5.73 Å². The number of ether oxygens (including phenoxy) is 1. The topological polar surface area (TPSA) is 68.1 Å². The van der Waals surface area contributed by atoms with Gasteiger partial charge >= 0.3 is 5.97 Å². The largest absolute Gasteiger partial charge is 0.468 e. The molecule has 1 aromatic carbocycles. The van der Waals surface area contributed by atoms with Gasteiger partial charge in [0.05, 0.1) is 12.6 Å². The summed E-state index contributed by atoms with van der Waals surface area (Å²) in [7, 11) is 1.28. The van der Waals surface area contributed by atoms with Gasteiger partial charge in [-0.1, -0.05) is 6.07 Å². The van der Waals surface area contributed by atoms with E-state index in [1.807, 2.05) is 6.92 Å². The van der Waals surface area contributed by atoms with Crippen LogP contribution in [0.1, 0.15) is 11.1 Å². The highest BCUT2D eigenvalue weighted by Gasteiger charge is 2.18. The summed E-state index contributed by atoms with van der Waals surface area (Å²) in [4.78, 5) is 14.3. The smallest absolute Gasteiger partial charge is 0.322 e. The number of aromatic nitrogens is 1. The normalized spacial score (nSPS) is 12.0. The SMILES string of the molecule is COC(=O)C(N)Cc1c[nH]c2c(C)ccc(F)c12.Cl. The van der Waals surface area contributed by atoms with Gasteiger partial charge < -0.3 is 15.5 Å². The molecule has 0 aliphatic carbocycles. The van der Waals surface area contributed by atoms with Crippen LogP contribution in [0, 0.1) is 12.7 Å². The number of nitrogens with one attached hydrogen (secondary N) is 1. The van der Waals surface area contributed by atoms with Crippen molar-refractivity contribution < 1.29 is 13.9 Å². The number of benzene rings is 1. The lowest BCUT2D eigenvalue weighted by Gasteiger charge is -2.08. The minimum Gasteiger partial charge on any atom is -0.468 e. The van der Waals surface area contributed by atoms with Crippen molar-refractivity contribution in [3.05, 3.63) is 35.3 Å². The summed E-state index contributed by atoms with van der Waals surface area (Å²) in [5.74, 6) is -0.818. The van der Waals surface area contributed by atoms with E-state index in [2.05, 4.69) is 9.72 Å². The lowest BCUT2D eigenvalue weighted by molar-refractivity contribution is -0.142. The van der Waals surface area contributed by atoms with Gasteiger partial charge in [-0.15, -0.1) is 12.4 Å². The fraction of sp³-hybridized carbons (Fsp3) is 0.308. The molecule has 0 saturated heterocycles. The standard InChI is InChI=1S/C13H15FN2O2.ClH/c1-7-3-4-9(14)11-8(6-16-12(7)11)5-10(15)13(17)18-2;/h3-4,6,10,16H,5,15H2,1-2H3;1H. The minimum atomic E-state index is -0.783. The number of hydrogen-bond acceptors (Lipinski definition) is 3. The Morgan fingerprint density at radius 3 is 2.84 bits per heavy atom. The van der Waals surface area contributed by atoms with E-state index >= 15 is 0 Å². The number of methoxy groups -OCH3 is 1. The summed E-state index contributed by atoms with van der Waals surface area (Å²) >= 11 is 0. The highest BCUT2D eigenvalue weighted by molar-refractivity contribution is 5.87. The first-order valence-electron chi connectivity index (χ1n) is 5.63. The van der Waals surface area contributed by atoms with Crippen molar-refractivity contribution in [1.82, 2.24) is 4.98 Å². The molecular formula is C13H16ClFN2O2. The van der Waals surface area contributed by atoms with Crippen molar-refractivity contribution in [1.29, 1.82) is 0 Å². The molecule has 6 heteroatoms. The van der Waals surface area contributed by atoms with Crippen LogP contribution in [0.4, 0.5) is 4.39 Å². The molecule has 0 fully saturated rings. The van der Waals surface area contributed by atoms with Gasteiger partial charge in [0.15, 0.2) is 0 Å². The van der Waals surface area contributed by atoms with E-state index in [9.17, 15) is 9.18 Å². The number of esters is 1. The van der Waals surface area contributed by atoms with Crippen LogP contribution in [0.2, 0.25) is 0 Å². The van der Waals surface area contributed by atoms with E-state index in [0.29, 0.717) is 10.9 Å². The zero-order chi connectivity index (χ0) is 13.3. The van der Waals surface area contributed by atoms with Gasteiger partial charge in [0.25, 0.3) is 0 Å². The number of carbonyl (C=O) groups is 1. The molecule has 1 aromatic heterocycles. The summed E-state index contributed by atoms with van der Waals surface area (Å²) in [6.45, 7) is 1.89. The second kappa shape index (κ2) is 6.04. The molecule has 4 nitrogen and oxygen atoms in total. The maximum atomic E-state index is 13.8. The highest BCUT2D eigenvalue weighted by Crippen LogP contribution is 2.25. The third-order valence-corrected chi connectivity index (χ3v) is 3.02. The Morgan fingerprint density at radius 1 is 1.53 bits per heavy atom. The van der Waals surface area contributed by atoms with E-state index in [0.717, 1.165) is 11.1 Å². The molecule has 1 unspecified atom stereocenters. The molecule has 0 amide bonds. The first-order chi connectivity index (χ1) is 8.54. The molecule has 19 heavy (non-hydrogen) atoms. The lowest BCUT2D eigenvalue weighted by Crippen LogP contribution is -2.33. The zero-order valence-corrected chi connectivity index (χ0v) is 11.5. The van der Waals surface area contributed by atoms with Gasteiger partial charge in [-0.05, 0) is 24.1 Å². The summed E-state index contributed by atoms with van der Waals surface area (Å²) in [5, 5.41) is 0.495. The zero-order valence-electron chi connectivity index (χ0n) is 10.7. The number of nitrogens with two attached hydrogens (primary N) is 1.